The van der Waals surface area contributed by atoms with Crippen molar-refractivity contribution >= 4 is 6.03 Å². The van der Waals surface area contributed by atoms with Gasteiger partial charge in [0.25, 0.3) is 0 Å². The van der Waals surface area contributed by atoms with E-state index < -0.39 is 0 Å². The molecule has 2 atom stereocenters. The predicted octanol–water partition coefficient (Wildman–Crippen LogP) is 2.82. The van der Waals surface area contributed by atoms with Crippen molar-refractivity contribution in [3.63, 3.8) is 0 Å². The first-order valence-electron chi connectivity index (χ1n) is 9.18. The molecule has 2 fully saturated rings. The molecule has 0 heterocycles. The molecule has 23 heavy (non-hydrogen) atoms. The highest BCUT2D eigenvalue weighted by Crippen LogP contribution is 2.40. The summed E-state index contributed by atoms with van der Waals surface area (Å²) >= 11 is 0. The van der Waals surface area contributed by atoms with Gasteiger partial charge in [0.2, 0.25) is 0 Å². The van der Waals surface area contributed by atoms with Crippen LogP contribution in [0.15, 0.2) is 0 Å². The number of amides is 2. The molecule has 2 rings (SSSR count). The Morgan fingerprint density at radius 2 is 1.78 bits per heavy atom. The fraction of sp³-hybridized carbons (Fsp3) is 0.944. The molecule has 0 saturated heterocycles. The van der Waals surface area contributed by atoms with Gasteiger partial charge in [-0.25, -0.2) is 4.79 Å². The first-order valence-corrected chi connectivity index (χ1v) is 9.18. The number of methoxy groups -OCH3 is 1. The standard InChI is InChI=1S/C18H34N2O3/c1-17(8-4-3-7-15(17)21)13-19-16(22)20-14-18(11-12-23-2)9-5-6-10-18/h15,21H,3-14H2,1-2H3,(H2,19,20,22). The van der Waals surface area contributed by atoms with Crippen molar-refractivity contribution in [3.8, 4) is 0 Å². The van der Waals surface area contributed by atoms with E-state index in [4.69, 9.17) is 4.74 Å². The van der Waals surface area contributed by atoms with Crippen LogP contribution in [0.3, 0.4) is 0 Å². The molecule has 3 N–H and O–H groups in total. The number of carbonyl (C=O) groups is 1. The highest BCUT2D eigenvalue weighted by Gasteiger charge is 2.36. The number of aliphatic hydroxyl groups excluding tert-OH is 1. The lowest BCUT2D eigenvalue weighted by molar-refractivity contribution is 0.00303. The molecule has 0 aromatic rings. The Balaban J connectivity index is 1.75. The summed E-state index contributed by atoms with van der Waals surface area (Å²) in [5.74, 6) is 0. The van der Waals surface area contributed by atoms with Crippen LogP contribution in [0.4, 0.5) is 4.79 Å². The predicted molar refractivity (Wildman–Crippen MR) is 91.4 cm³/mol. The lowest BCUT2D eigenvalue weighted by Crippen LogP contribution is -2.49. The van der Waals surface area contributed by atoms with Crippen LogP contribution >= 0.6 is 0 Å². The van der Waals surface area contributed by atoms with Gasteiger partial charge in [-0.2, -0.15) is 0 Å². The van der Waals surface area contributed by atoms with Gasteiger partial charge in [-0.15, -0.1) is 0 Å². The molecule has 0 aromatic carbocycles. The van der Waals surface area contributed by atoms with E-state index in [-0.39, 0.29) is 23.0 Å². The second kappa shape index (κ2) is 8.34. The summed E-state index contributed by atoms with van der Waals surface area (Å²) in [6.45, 7) is 4.11. The zero-order valence-corrected chi connectivity index (χ0v) is 14.8. The van der Waals surface area contributed by atoms with Gasteiger partial charge in [0.15, 0.2) is 0 Å². The van der Waals surface area contributed by atoms with Crippen LogP contribution in [0.25, 0.3) is 0 Å². The number of rotatable bonds is 7. The molecule has 0 aromatic heterocycles. The van der Waals surface area contributed by atoms with E-state index in [1.165, 1.54) is 25.7 Å². The van der Waals surface area contributed by atoms with Gasteiger partial charge in [0, 0.05) is 32.2 Å². The second-order valence-corrected chi connectivity index (χ2v) is 7.90. The average Bonchev–Trinajstić information content (AvgIpc) is 3.01. The summed E-state index contributed by atoms with van der Waals surface area (Å²) in [6.07, 6.45) is 9.60. The van der Waals surface area contributed by atoms with Crippen LogP contribution in [0.1, 0.15) is 64.7 Å². The summed E-state index contributed by atoms with van der Waals surface area (Å²) in [5, 5.41) is 16.2. The molecule has 0 aliphatic heterocycles. The number of ether oxygens (including phenoxy) is 1. The monoisotopic (exact) mass is 326 g/mol. The van der Waals surface area contributed by atoms with Gasteiger partial charge in [-0.1, -0.05) is 32.6 Å². The number of nitrogens with one attached hydrogen (secondary N) is 2. The normalized spacial score (nSPS) is 30.1. The van der Waals surface area contributed by atoms with E-state index in [0.717, 1.165) is 45.3 Å². The fourth-order valence-corrected chi connectivity index (χ4v) is 4.16. The summed E-state index contributed by atoms with van der Waals surface area (Å²) in [6, 6.07) is -0.104. The molecule has 2 saturated carbocycles. The maximum Gasteiger partial charge on any atom is 0.314 e. The van der Waals surface area contributed by atoms with Gasteiger partial charge < -0.3 is 20.5 Å². The number of urea groups is 1. The molecule has 5 nitrogen and oxygen atoms in total. The highest BCUT2D eigenvalue weighted by atomic mass is 16.5. The van der Waals surface area contributed by atoms with Gasteiger partial charge in [-0.05, 0) is 37.5 Å². The van der Waals surface area contributed by atoms with Gasteiger partial charge in [0.1, 0.15) is 0 Å². The van der Waals surface area contributed by atoms with Crippen LogP contribution < -0.4 is 10.6 Å². The minimum Gasteiger partial charge on any atom is -0.392 e. The zero-order valence-electron chi connectivity index (χ0n) is 14.8. The van der Waals surface area contributed by atoms with Gasteiger partial charge >= 0.3 is 6.03 Å². The third-order valence-electron chi connectivity index (χ3n) is 6.06. The van der Waals surface area contributed by atoms with Crippen LogP contribution in [-0.2, 0) is 4.74 Å². The van der Waals surface area contributed by atoms with E-state index in [1.54, 1.807) is 7.11 Å². The number of hydrogen-bond donors (Lipinski definition) is 3. The Labute approximate surface area is 140 Å². The molecule has 0 bridgehead atoms. The molecular formula is C18H34N2O3. The second-order valence-electron chi connectivity index (χ2n) is 7.90. The van der Waals surface area contributed by atoms with E-state index in [1.807, 2.05) is 0 Å². The quantitative estimate of drug-likeness (QED) is 0.674. The lowest BCUT2D eigenvalue weighted by Gasteiger charge is -2.38. The molecule has 5 heteroatoms. The SMILES string of the molecule is COCCC1(CNC(=O)NCC2(C)CCCCC2O)CCCC1. The Morgan fingerprint density at radius 3 is 2.43 bits per heavy atom. The molecule has 2 amide bonds. The largest absolute Gasteiger partial charge is 0.392 e. The first kappa shape index (κ1) is 18.5. The summed E-state index contributed by atoms with van der Waals surface area (Å²) < 4.78 is 5.23. The van der Waals surface area contributed by atoms with Crippen molar-refractivity contribution in [1.29, 1.82) is 0 Å². The summed E-state index contributed by atoms with van der Waals surface area (Å²) in [5.41, 5.74) is 0.0261. The molecule has 134 valence electrons. The summed E-state index contributed by atoms with van der Waals surface area (Å²) in [4.78, 5) is 12.2. The number of aliphatic hydroxyl groups is 1. The minimum absolute atomic E-state index is 0.104. The van der Waals surface area contributed by atoms with Crippen molar-refractivity contribution in [2.24, 2.45) is 10.8 Å². The van der Waals surface area contributed by atoms with Crippen LogP contribution in [-0.4, -0.2) is 44.0 Å². The minimum atomic E-state index is -0.306. The third-order valence-corrected chi connectivity index (χ3v) is 6.06. The van der Waals surface area contributed by atoms with Crippen molar-refractivity contribution in [1.82, 2.24) is 10.6 Å². The van der Waals surface area contributed by atoms with Gasteiger partial charge in [0.05, 0.1) is 6.10 Å². The Morgan fingerprint density at radius 1 is 1.13 bits per heavy atom. The van der Waals surface area contributed by atoms with Crippen molar-refractivity contribution in [2.75, 3.05) is 26.8 Å². The average molecular weight is 326 g/mol. The van der Waals surface area contributed by atoms with Gasteiger partial charge in [-0.3, -0.25) is 0 Å². The molecule has 0 radical (unpaired) electrons. The molecule has 2 aliphatic rings. The molecule has 2 aliphatic carbocycles. The molecule has 2 unspecified atom stereocenters. The van der Waals surface area contributed by atoms with Crippen LogP contribution in [0.2, 0.25) is 0 Å². The van der Waals surface area contributed by atoms with Crippen molar-refractivity contribution in [2.45, 2.75) is 70.8 Å². The van der Waals surface area contributed by atoms with E-state index in [2.05, 4.69) is 17.6 Å². The zero-order chi connectivity index (χ0) is 16.8. The Kier molecular flexibility index (Phi) is 6.72. The fourth-order valence-electron chi connectivity index (χ4n) is 4.16. The maximum absolute atomic E-state index is 12.2. The third kappa shape index (κ3) is 5.08. The lowest BCUT2D eigenvalue weighted by atomic mass is 9.73. The Hall–Kier alpha value is -0.810. The Bertz CT molecular complexity index is 382. The smallest absolute Gasteiger partial charge is 0.314 e. The maximum atomic E-state index is 12.2. The summed E-state index contributed by atoms with van der Waals surface area (Å²) in [7, 11) is 1.74. The van der Waals surface area contributed by atoms with Crippen molar-refractivity contribution < 1.29 is 14.6 Å². The molecular weight excluding hydrogens is 292 g/mol. The van der Waals surface area contributed by atoms with Crippen LogP contribution in [0.5, 0.6) is 0 Å². The molecule has 0 spiro atoms. The number of carbonyl (C=O) groups excluding carboxylic acids is 1. The topological polar surface area (TPSA) is 70.6 Å². The van der Waals surface area contributed by atoms with Crippen LogP contribution in [0, 0.1) is 10.8 Å². The van der Waals surface area contributed by atoms with E-state index in [0.29, 0.717) is 6.54 Å². The number of hydrogen-bond acceptors (Lipinski definition) is 3. The van der Waals surface area contributed by atoms with E-state index >= 15 is 0 Å². The van der Waals surface area contributed by atoms with E-state index in [9.17, 15) is 9.90 Å². The first-order chi connectivity index (χ1) is 11.0. The highest BCUT2D eigenvalue weighted by molar-refractivity contribution is 5.73. The van der Waals surface area contributed by atoms with Crippen molar-refractivity contribution in [3.05, 3.63) is 0 Å².